The van der Waals surface area contributed by atoms with Crippen LogP contribution in [-0.2, 0) is 0 Å². The van der Waals surface area contributed by atoms with E-state index < -0.39 is 0 Å². The Bertz CT molecular complexity index is 288. The lowest BCUT2D eigenvalue weighted by Gasteiger charge is -2.37. The summed E-state index contributed by atoms with van der Waals surface area (Å²) >= 11 is 0. The Morgan fingerprint density at radius 1 is 1.10 bits per heavy atom. The highest BCUT2D eigenvalue weighted by Gasteiger charge is 2.38. The average Bonchev–Trinajstić information content (AvgIpc) is 3.24. The van der Waals surface area contributed by atoms with Gasteiger partial charge in [-0.15, -0.1) is 0 Å². The highest BCUT2D eigenvalue weighted by atomic mass is 15.2. The third kappa shape index (κ3) is 3.76. The summed E-state index contributed by atoms with van der Waals surface area (Å²) in [6, 6.07) is 0.844. The summed E-state index contributed by atoms with van der Waals surface area (Å²) in [6.07, 6.45) is 9.55. The molecule has 0 aromatic heterocycles. The van der Waals surface area contributed by atoms with Gasteiger partial charge in [0.2, 0.25) is 0 Å². The van der Waals surface area contributed by atoms with Crippen LogP contribution in [0.15, 0.2) is 0 Å². The zero-order chi connectivity index (χ0) is 14.6. The first kappa shape index (κ1) is 16.3. The maximum atomic E-state index is 3.80. The molecule has 2 aliphatic rings. The molecule has 1 aliphatic carbocycles. The molecule has 1 N–H and O–H groups in total. The maximum absolute atomic E-state index is 3.80. The molecule has 0 spiro atoms. The zero-order valence-electron chi connectivity index (χ0n) is 14.3. The van der Waals surface area contributed by atoms with E-state index in [2.05, 4.69) is 37.9 Å². The van der Waals surface area contributed by atoms with E-state index in [9.17, 15) is 0 Å². The Balaban J connectivity index is 1.90. The van der Waals surface area contributed by atoms with Crippen molar-refractivity contribution >= 4 is 0 Å². The Kier molecular flexibility index (Phi) is 5.53. The summed E-state index contributed by atoms with van der Waals surface area (Å²) in [5.74, 6) is 0. The monoisotopic (exact) mass is 280 g/mol. The van der Waals surface area contributed by atoms with Crippen LogP contribution in [0.3, 0.4) is 0 Å². The van der Waals surface area contributed by atoms with Gasteiger partial charge in [-0.1, -0.05) is 27.7 Å². The van der Waals surface area contributed by atoms with Gasteiger partial charge in [-0.2, -0.15) is 0 Å². The van der Waals surface area contributed by atoms with Crippen LogP contribution in [-0.4, -0.2) is 37.1 Å². The Morgan fingerprint density at radius 3 is 2.20 bits per heavy atom. The molecule has 1 saturated carbocycles. The second kappa shape index (κ2) is 6.79. The largest absolute Gasteiger partial charge is 0.313 e. The van der Waals surface area contributed by atoms with Crippen LogP contribution in [0.2, 0.25) is 0 Å². The van der Waals surface area contributed by atoms with Crippen LogP contribution < -0.4 is 5.32 Å². The molecule has 1 saturated heterocycles. The minimum absolute atomic E-state index is 0.500. The molecule has 2 heteroatoms. The van der Waals surface area contributed by atoms with E-state index in [1.54, 1.807) is 0 Å². The van der Waals surface area contributed by atoms with E-state index in [4.69, 9.17) is 0 Å². The number of nitrogens with one attached hydrogen (secondary N) is 1. The van der Waals surface area contributed by atoms with Gasteiger partial charge in [0, 0.05) is 25.7 Å². The van der Waals surface area contributed by atoms with Crippen LogP contribution >= 0.6 is 0 Å². The van der Waals surface area contributed by atoms with Crippen molar-refractivity contribution in [1.82, 2.24) is 10.2 Å². The van der Waals surface area contributed by atoms with Crippen LogP contribution in [0, 0.1) is 10.8 Å². The van der Waals surface area contributed by atoms with E-state index in [0.29, 0.717) is 10.8 Å². The quantitative estimate of drug-likeness (QED) is 0.685. The lowest BCUT2D eigenvalue weighted by atomic mass is 9.80. The molecule has 1 aliphatic heterocycles. The van der Waals surface area contributed by atoms with Gasteiger partial charge in [-0.25, -0.2) is 0 Å². The number of hydrogen-bond acceptors (Lipinski definition) is 2. The summed E-state index contributed by atoms with van der Waals surface area (Å²) in [7, 11) is 0. The Hall–Kier alpha value is -0.0800. The van der Waals surface area contributed by atoms with E-state index in [0.717, 1.165) is 6.04 Å². The molecule has 2 nitrogen and oxygen atoms in total. The summed E-state index contributed by atoms with van der Waals surface area (Å²) < 4.78 is 0. The highest BCUT2D eigenvalue weighted by molar-refractivity contribution is 4.93. The number of hydrogen-bond donors (Lipinski definition) is 1. The SMILES string of the molecule is CCC1(CC)CCN(CC(CC)(CC)CNC2CC2)C1. The average molecular weight is 281 g/mol. The summed E-state index contributed by atoms with van der Waals surface area (Å²) in [6.45, 7) is 14.7. The van der Waals surface area contributed by atoms with Gasteiger partial charge in [-0.05, 0) is 62.3 Å². The number of rotatable bonds is 9. The van der Waals surface area contributed by atoms with E-state index in [1.807, 2.05) is 0 Å². The normalized spacial score (nSPS) is 23.4. The molecular formula is C18H36N2. The molecule has 0 aromatic carbocycles. The van der Waals surface area contributed by atoms with Gasteiger partial charge >= 0.3 is 0 Å². The van der Waals surface area contributed by atoms with Gasteiger partial charge in [-0.3, -0.25) is 0 Å². The molecule has 0 aromatic rings. The van der Waals surface area contributed by atoms with Gasteiger partial charge in [0.15, 0.2) is 0 Å². The fourth-order valence-corrected chi connectivity index (χ4v) is 3.89. The number of nitrogens with zero attached hydrogens (tertiary/aromatic N) is 1. The van der Waals surface area contributed by atoms with Crippen molar-refractivity contribution < 1.29 is 0 Å². The smallest absolute Gasteiger partial charge is 0.00684 e. The minimum atomic E-state index is 0.500. The van der Waals surface area contributed by atoms with Crippen molar-refractivity contribution in [3.8, 4) is 0 Å². The van der Waals surface area contributed by atoms with E-state index in [1.165, 1.54) is 71.1 Å². The molecule has 2 rings (SSSR count). The van der Waals surface area contributed by atoms with Crippen LogP contribution in [0.1, 0.15) is 72.6 Å². The Morgan fingerprint density at radius 2 is 1.75 bits per heavy atom. The molecule has 0 unspecified atom stereocenters. The van der Waals surface area contributed by atoms with E-state index in [-0.39, 0.29) is 0 Å². The molecule has 2 fully saturated rings. The standard InChI is InChI=1S/C18H36N2/c1-5-17(6-2)11-12-20(14-17)15-18(7-3,8-4)13-19-16-9-10-16/h16,19H,5-15H2,1-4H3. The molecule has 1 heterocycles. The molecule has 0 radical (unpaired) electrons. The third-order valence-electron chi connectivity index (χ3n) is 6.42. The zero-order valence-corrected chi connectivity index (χ0v) is 14.3. The maximum Gasteiger partial charge on any atom is 0.00684 e. The van der Waals surface area contributed by atoms with Crippen molar-refractivity contribution in [2.45, 2.75) is 78.7 Å². The molecule has 0 bridgehead atoms. The van der Waals surface area contributed by atoms with Crippen molar-refractivity contribution in [3.05, 3.63) is 0 Å². The van der Waals surface area contributed by atoms with Crippen molar-refractivity contribution in [2.75, 3.05) is 26.2 Å². The van der Waals surface area contributed by atoms with Crippen molar-refractivity contribution in [3.63, 3.8) is 0 Å². The predicted molar refractivity (Wildman–Crippen MR) is 88.1 cm³/mol. The van der Waals surface area contributed by atoms with Gasteiger partial charge in [0.05, 0.1) is 0 Å². The van der Waals surface area contributed by atoms with Crippen LogP contribution in [0.25, 0.3) is 0 Å². The fraction of sp³-hybridized carbons (Fsp3) is 1.00. The molecule has 118 valence electrons. The first-order valence-corrected chi connectivity index (χ1v) is 9.06. The highest BCUT2D eigenvalue weighted by Crippen LogP contribution is 2.39. The third-order valence-corrected chi connectivity index (χ3v) is 6.42. The Labute approximate surface area is 126 Å². The minimum Gasteiger partial charge on any atom is -0.313 e. The van der Waals surface area contributed by atoms with Gasteiger partial charge in [0.25, 0.3) is 0 Å². The van der Waals surface area contributed by atoms with Crippen molar-refractivity contribution in [2.24, 2.45) is 10.8 Å². The number of likely N-dealkylation sites (tertiary alicyclic amines) is 1. The first-order chi connectivity index (χ1) is 9.61. The van der Waals surface area contributed by atoms with Gasteiger partial charge in [0.1, 0.15) is 0 Å². The first-order valence-electron chi connectivity index (χ1n) is 9.06. The predicted octanol–water partition coefficient (Wildman–Crippen LogP) is 4.06. The lowest BCUT2D eigenvalue weighted by Crippen LogP contribution is -2.44. The van der Waals surface area contributed by atoms with E-state index >= 15 is 0 Å². The fourth-order valence-electron chi connectivity index (χ4n) is 3.89. The summed E-state index contributed by atoms with van der Waals surface area (Å²) in [5, 5.41) is 3.80. The van der Waals surface area contributed by atoms with Crippen molar-refractivity contribution in [1.29, 1.82) is 0 Å². The van der Waals surface area contributed by atoms with Crippen LogP contribution in [0.4, 0.5) is 0 Å². The molecular weight excluding hydrogens is 244 g/mol. The second-order valence-electron chi connectivity index (χ2n) is 7.53. The van der Waals surface area contributed by atoms with Crippen LogP contribution in [0.5, 0.6) is 0 Å². The van der Waals surface area contributed by atoms with Gasteiger partial charge < -0.3 is 10.2 Å². The molecule has 0 amide bonds. The molecule has 0 atom stereocenters. The lowest BCUT2D eigenvalue weighted by molar-refractivity contribution is 0.138. The summed E-state index contributed by atoms with van der Waals surface area (Å²) in [5.41, 5.74) is 1.12. The second-order valence-corrected chi connectivity index (χ2v) is 7.53. The topological polar surface area (TPSA) is 15.3 Å². The molecule has 20 heavy (non-hydrogen) atoms. The summed E-state index contributed by atoms with van der Waals surface area (Å²) in [4.78, 5) is 2.77.